The van der Waals surface area contributed by atoms with E-state index in [1.165, 1.54) is 29.1 Å². The van der Waals surface area contributed by atoms with Crippen molar-refractivity contribution >= 4 is 11.0 Å². The van der Waals surface area contributed by atoms with E-state index >= 15 is 0 Å². The quantitative estimate of drug-likeness (QED) is 0.747. The Morgan fingerprint density at radius 3 is 2.67 bits per heavy atom. The maximum Gasteiger partial charge on any atom is 0.416 e. The number of pyridine rings is 1. The van der Waals surface area contributed by atoms with Gasteiger partial charge in [-0.15, -0.1) is 0 Å². The second-order valence-corrected chi connectivity index (χ2v) is 4.61. The normalized spacial score (nSPS) is 12.0. The van der Waals surface area contributed by atoms with E-state index in [0.29, 0.717) is 16.7 Å². The van der Waals surface area contributed by atoms with Crippen LogP contribution in [0.3, 0.4) is 0 Å². The number of alkyl halides is 3. The minimum atomic E-state index is -4.42. The van der Waals surface area contributed by atoms with Crippen molar-refractivity contribution in [3.05, 3.63) is 47.8 Å². The van der Waals surface area contributed by atoms with E-state index in [1.54, 1.807) is 6.92 Å². The number of aryl methyl sites for hydroxylation is 1. The van der Waals surface area contributed by atoms with Crippen LogP contribution >= 0.6 is 0 Å². The van der Waals surface area contributed by atoms with Crippen LogP contribution < -0.4 is 0 Å². The standard InChI is InChI=1S/C14H10F3N3O/c1-8-12-6-11(21)7-18-13(12)20(19-8)10-4-2-3-9(5-10)14(15,16)17/h2-7,21H,1H3. The fraction of sp³-hybridized carbons (Fsp3) is 0.143. The first-order valence-electron chi connectivity index (χ1n) is 6.08. The van der Waals surface area contributed by atoms with Gasteiger partial charge >= 0.3 is 6.18 Å². The van der Waals surface area contributed by atoms with Crippen LogP contribution in [-0.2, 0) is 6.18 Å². The number of aromatic nitrogens is 3. The summed E-state index contributed by atoms with van der Waals surface area (Å²) in [5.74, 6) is -0.0193. The van der Waals surface area contributed by atoms with E-state index in [1.807, 2.05) is 0 Å². The molecule has 0 atom stereocenters. The summed E-state index contributed by atoms with van der Waals surface area (Å²) in [5, 5.41) is 14.2. The largest absolute Gasteiger partial charge is 0.506 e. The van der Waals surface area contributed by atoms with Gasteiger partial charge in [-0.3, -0.25) is 0 Å². The van der Waals surface area contributed by atoms with Crippen molar-refractivity contribution in [1.29, 1.82) is 0 Å². The van der Waals surface area contributed by atoms with Crippen LogP contribution in [0, 0.1) is 6.92 Å². The lowest BCUT2D eigenvalue weighted by molar-refractivity contribution is -0.137. The molecule has 21 heavy (non-hydrogen) atoms. The van der Waals surface area contributed by atoms with Crippen molar-refractivity contribution in [2.45, 2.75) is 13.1 Å². The summed E-state index contributed by atoms with van der Waals surface area (Å²) in [4.78, 5) is 4.04. The van der Waals surface area contributed by atoms with Crippen LogP contribution in [0.1, 0.15) is 11.3 Å². The third-order valence-electron chi connectivity index (χ3n) is 3.11. The molecular formula is C14H10F3N3O. The molecule has 2 heterocycles. The highest BCUT2D eigenvalue weighted by Gasteiger charge is 2.30. The molecule has 4 nitrogen and oxygen atoms in total. The molecule has 0 unspecified atom stereocenters. The molecule has 0 amide bonds. The summed E-state index contributed by atoms with van der Waals surface area (Å²) in [6.45, 7) is 1.70. The van der Waals surface area contributed by atoms with Gasteiger partial charge < -0.3 is 5.11 Å². The van der Waals surface area contributed by atoms with Gasteiger partial charge in [0, 0.05) is 5.39 Å². The maximum absolute atomic E-state index is 12.8. The van der Waals surface area contributed by atoms with Crippen LogP contribution in [0.4, 0.5) is 13.2 Å². The summed E-state index contributed by atoms with van der Waals surface area (Å²) < 4.78 is 39.7. The van der Waals surface area contributed by atoms with Crippen molar-refractivity contribution < 1.29 is 18.3 Å². The molecule has 0 fully saturated rings. The van der Waals surface area contributed by atoms with Crippen molar-refractivity contribution in [2.75, 3.05) is 0 Å². The van der Waals surface area contributed by atoms with Crippen molar-refractivity contribution in [2.24, 2.45) is 0 Å². The molecule has 0 aliphatic carbocycles. The van der Waals surface area contributed by atoms with E-state index < -0.39 is 11.7 Å². The Bertz CT molecular complexity index is 824. The molecule has 1 N–H and O–H groups in total. The first-order valence-corrected chi connectivity index (χ1v) is 6.08. The molecule has 0 saturated carbocycles. The topological polar surface area (TPSA) is 50.9 Å². The van der Waals surface area contributed by atoms with Crippen LogP contribution in [0.2, 0.25) is 0 Å². The Morgan fingerprint density at radius 2 is 1.95 bits per heavy atom. The summed E-state index contributed by atoms with van der Waals surface area (Å²) in [6, 6.07) is 6.34. The SMILES string of the molecule is Cc1nn(-c2cccc(C(F)(F)F)c2)c2ncc(O)cc12. The molecule has 1 aromatic carbocycles. The second kappa shape index (κ2) is 4.47. The number of fused-ring (bicyclic) bond motifs is 1. The van der Waals surface area contributed by atoms with Gasteiger partial charge in [-0.1, -0.05) is 6.07 Å². The predicted molar refractivity (Wildman–Crippen MR) is 70.3 cm³/mol. The molecule has 0 saturated heterocycles. The van der Waals surface area contributed by atoms with E-state index in [4.69, 9.17) is 0 Å². The van der Waals surface area contributed by atoms with E-state index in [-0.39, 0.29) is 11.4 Å². The van der Waals surface area contributed by atoms with E-state index in [0.717, 1.165) is 12.1 Å². The van der Waals surface area contributed by atoms with Gasteiger partial charge in [0.15, 0.2) is 5.65 Å². The lowest BCUT2D eigenvalue weighted by Crippen LogP contribution is -2.06. The highest BCUT2D eigenvalue weighted by Crippen LogP contribution is 2.31. The van der Waals surface area contributed by atoms with Crippen molar-refractivity contribution in [3.63, 3.8) is 0 Å². The number of halogens is 3. The molecular weight excluding hydrogens is 283 g/mol. The van der Waals surface area contributed by atoms with Crippen LogP contribution in [0.25, 0.3) is 16.7 Å². The molecule has 3 aromatic rings. The molecule has 7 heteroatoms. The predicted octanol–water partition coefficient (Wildman–Crippen LogP) is 3.45. The number of aromatic hydroxyl groups is 1. The fourth-order valence-electron chi connectivity index (χ4n) is 2.13. The summed E-state index contributed by atoms with van der Waals surface area (Å²) in [5.41, 5.74) is 0.483. The number of hydrogen-bond donors (Lipinski definition) is 1. The summed E-state index contributed by atoms with van der Waals surface area (Å²) in [7, 11) is 0. The Balaban J connectivity index is 2.22. The molecule has 3 rings (SSSR count). The van der Waals surface area contributed by atoms with E-state index in [2.05, 4.69) is 10.1 Å². The zero-order valence-corrected chi connectivity index (χ0v) is 10.9. The third kappa shape index (κ3) is 2.31. The molecule has 0 radical (unpaired) electrons. The first kappa shape index (κ1) is 13.4. The minimum Gasteiger partial charge on any atom is -0.506 e. The summed E-state index contributed by atoms with van der Waals surface area (Å²) >= 11 is 0. The van der Waals surface area contributed by atoms with Gasteiger partial charge in [0.05, 0.1) is 23.1 Å². The number of hydrogen-bond acceptors (Lipinski definition) is 3. The third-order valence-corrected chi connectivity index (χ3v) is 3.11. The van der Waals surface area contributed by atoms with Gasteiger partial charge in [-0.25, -0.2) is 9.67 Å². The molecule has 0 aliphatic rings. The number of nitrogens with zero attached hydrogens (tertiary/aromatic N) is 3. The molecule has 0 spiro atoms. The Kier molecular flexibility index (Phi) is 2.86. The van der Waals surface area contributed by atoms with Gasteiger partial charge in [0.2, 0.25) is 0 Å². The van der Waals surface area contributed by atoms with E-state index in [9.17, 15) is 18.3 Å². The fourth-order valence-corrected chi connectivity index (χ4v) is 2.13. The van der Waals surface area contributed by atoms with Crippen LogP contribution in [0.15, 0.2) is 36.5 Å². The molecule has 108 valence electrons. The Hall–Kier alpha value is -2.57. The number of benzene rings is 1. The zero-order valence-electron chi connectivity index (χ0n) is 10.9. The zero-order chi connectivity index (χ0) is 15.2. The second-order valence-electron chi connectivity index (χ2n) is 4.61. The molecule has 0 aliphatic heterocycles. The smallest absolute Gasteiger partial charge is 0.416 e. The molecule has 0 bridgehead atoms. The average molecular weight is 293 g/mol. The van der Waals surface area contributed by atoms with Gasteiger partial charge in [-0.2, -0.15) is 18.3 Å². The first-order chi connectivity index (χ1) is 9.86. The van der Waals surface area contributed by atoms with Crippen molar-refractivity contribution in [1.82, 2.24) is 14.8 Å². The van der Waals surface area contributed by atoms with Gasteiger partial charge in [-0.05, 0) is 31.2 Å². The van der Waals surface area contributed by atoms with Gasteiger partial charge in [0.25, 0.3) is 0 Å². The van der Waals surface area contributed by atoms with Crippen LogP contribution in [0.5, 0.6) is 5.75 Å². The minimum absolute atomic E-state index is 0.0193. The highest BCUT2D eigenvalue weighted by molar-refractivity contribution is 5.80. The van der Waals surface area contributed by atoms with Gasteiger partial charge in [0.1, 0.15) is 5.75 Å². The number of rotatable bonds is 1. The van der Waals surface area contributed by atoms with Crippen molar-refractivity contribution in [3.8, 4) is 11.4 Å². The van der Waals surface area contributed by atoms with Crippen LogP contribution in [-0.4, -0.2) is 19.9 Å². The lowest BCUT2D eigenvalue weighted by atomic mass is 10.2. The Morgan fingerprint density at radius 1 is 1.19 bits per heavy atom. The maximum atomic E-state index is 12.8. The lowest BCUT2D eigenvalue weighted by Gasteiger charge is -2.09. The Labute approximate surface area is 117 Å². The highest BCUT2D eigenvalue weighted by atomic mass is 19.4. The monoisotopic (exact) mass is 293 g/mol. The molecule has 2 aromatic heterocycles. The average Bonchev–Trinajstić information content (AvgIpc) is 2.75. The summed E-state index contributed by atoms with van der Waals surface area (Å²) in [6.07, 6.45) is -3.19.